The number of hydrogen-bond acceptors (Lipinski definition) is 2. The van der Waals surface area contributed by atoms with Gasteiger partial charge in [-0.3, -0.25) is 0 Å². The van der Waals surface area contributed by atoms with E-state index < -0.39 is 5.41 Å². The minimum absolute atomic E-state index is 0.0671. The molecule has 61 heavy (non-hydrogen) atoms. The predicted molar refractivity (Wildman–Crippen MR) is 255 cm³/mol. The van der Waals surface area contributed by atoms with Crippen LogP contribution in [0, 0.1) is 0 Å². The van der Waals surface area contributed by atoms with Crippen molar-refractivity contribution < 1.29 is 4.42 Å². The van der Waals surface area contributed by atoms with E-state index in [1.54, 1.807) is 0 Å². The maximum Gasteiger partial charge on any atom is 0.333 e. The highest BCUT2D eigenvalue weighted by atomic mass is 16.3. The fourth-order valence-electron chi connectivity index (χ4n) is 12.5. The lowest BCUT2D eigenvalue weighted by molar-refractivity contribution is 0.669. The molecular weight excluding hydrogens is 739 g/mol. The highest BCUT2D eigenvalue weighted by Crippen LogP contribution is 2.65. The SMILES string of the molecule is CCCCc1ccc2c(c1)c1cc(CCCC)cc3c1n2-c1cc2oc4ccccc4c2c2c1B3N1c3ccccc3C3(c4ccccc4-c4ccccc43)c3cccc-2c31. The molecule has 8 aromatic carbocycles. The van der Waals surface area contributed by atoms with Gasteiger partial charge in [-0.15, -0.1) is 0 Å². The molecule has 4 heteroatoms. The van der Waals surface area contributed by atoms with Gasteiger partial charge in [-0.1, -0.05) is 142 Å². The fourth-order valence-corrected chi connectivity index (χ4v) is 12.5. The quantitative estimate of drug-likeness (QED) is 0.157. The van der Waals surface area contributed by atoms with Gasteiger partial charge in [0.2, 0.25) is 0 Å². The summed E-state index contributed by atoms with van der Waals surface area (Å²) in [6.45, 7) is 4.54. The number of fused-ring (bicyclic) bond motifs is 20. The summed E-state index contributed by atoms with van der Waals surface area (Å²) in [6, 6.07) is 58.4. The molecule has 10 aromatic rings. The van der Waals surface area contributed by atoms with Crippen LogP contribution in [0.4, 0.5) is 11.4 Å². The van der Waals surface area contributed by atoms with E-state index in [9.17, 15) is 0 Å². The van der Waals surface area contributed by atoms with Crippen LogP contribution in [0.3, 0.4) is 0 Å². The van der Waals surface area contributed by atoms with Crippen molar-refractivity contribution in [3.8, 4) is 27.9 Å². The van der Waals surface area contributed by atoms with Crippen LogP contribution in [-0.4, -0.2) is 11.4 Å². The first kappa shape index (κ1) is 34.0. The second kappa shape index (κ2) is 12.2. The Morgan fingerprint density at radius 1 is 0.541 bits per heavy atom. The number of furan rings is 1. The minimum Gasteiger partial charge on any atom is -0.456 e. The van der Waals surface area contributed by atoms with Crippen molar-refractivity contribution in [2.45, 2.75) is 57.8 Å². The predicted octanol–water partition coefficient (Wildman–Crippen LogP) is 13.3. The molecular formula is C57H43BN2O. The number of anilines is 2. The third-order valence-electron chi connectivity index (χ3n) is 14.9. The van der Waals surface area contributed by atoms with E-state index in [1.807, 2.05) is 0 Å². The Hall–Kier alpha value is -6.78. The number of aryl methyl sites for hydroxylation is 2. The summed E-state index contributed by atoms with van der Waals surface area (Å²) < 4.78 is 9.56. The summed E-state index contributed by atoms with van der Waals surface area (Å²) in [6.07, 6.45) is 6.88. The van der Waals surface area contributed by atoms with E-state index in [0.717, 1.165) is 24.0 Å². The van der Waals surface area contributed by atoms with E-state index in [-0.39, 0.29) is 6.85 Å². The molecule has 3 nitrogen and oxygen atoms in total. The minimum atomic E-state index is -0.491. The molecule has 0 saturated carbocycles. The average molecular weight is 783 g/mol. The molecule has 290 valence electrons. The van der Waals surface area contributed by atoms with Crippen molar-refractivity contribution in [3.63, 3.8) is 0 Å². The van der Waals surface area contributed by atoms with Crippen molar-refractivity contribution in [3.05, 3.63) is 185 Å². The summed E-state index contributed by atoms with van der Waals surface area (Å²) in [5.41, 5.74) is 24.1. The summed E-state index contributed by atoms with van der Waals surface area (Å²) in [4.78, 5) is 2.78. The standard InChI is InChI=1S/C57H43BN2O/c1-3-5-16-34-28-29-47-40(30-34)41-31-35(17-6-4-2)32-46-56(41)59(47)49-33-51-52(38-20-9-14-27-50(38)61-51)53-39-21-15-25-45-55(39)60(58(46)54(49)53)48-26-13-12-24-44(48)57(45)42-22-10-7-18-36(42)37-19-8-11-23-43(37)57/h7-15,18-33H,3-6,16-17H2,1-2H3. The van der Waals surface area contributed by atoms with Crippen LogP contribution in [0.1, 0.15) is 72.9 Å². The van der Waals surface area contributed by atoms with Crippen molar-refractivity contribution in [1.29, 1.82) is 0 Å². The summed E-state index contributed by atoms with van der Waals surface area (Å²) in [7, 11) is 0. The van der Waals surface area contributed by atoms with Crippen LogP contribution in [-0.2, 0) is 18.3 Å². The van der Waals surface area contributed by atoms with E-state index in [1.165, 1.54) is 142 Å². The largest absolute Gasteiger partial charge is 0.456 e. The zero-order chi connectivity index (χ0) is 40.1. The van der Waals surface area contributed by atoms with Crippen LogP contribution in [0.15, 0.2) is 156 Å². The first-order valence-corrected chi connectivity index (χ1v) is 22.5. The van der Waals surface area contributed by atoms with Crippen LogP contribution in [0.5, 0.6) is 0 Å². The lowest BCUT2D eigenvalue weighted by Crippen LogP contribution is -2.62. The van der Waals surface area contributed by atoms with Crippen molar-refractivity contribution >= 4 is 72.9 Å². The summed E-state index contributed by atoms with van der Waals surface area (Å²) in [5, 5.41) is 5.12. The molecule has 0 amide bonds. The molecule has 2 aromatic heterocycles. The van der Waals surface area contributed by atoms with Crippen LogP contribution < -0.4 is 15.7 Å². The molecule has 0 unspecified atom stereocenters. The van der Waals surface area contributed by atoms with Gasteiger partial charge in [-0.25, -0.2) is 0 Å². The smallest absolute Gasteiger partial charge is 0.333 e. The zero-order valence-corrected chi connectivity index (χ0v) is 34.6. The average Bonchev–Trinajstić information content (AvgIpc) is 3.95. The van der Waals surface area contributed by atoms with Gasteiger partial charge in [0.05, 0.1) is 16.4 Å². The molecule has 0 saturated heterocycles. The highest BCUT2D eigenvalue weighted by molar-refractivity contribution is 6.94. The number of aromatic nitrogens is 1. The molecule has 0 atom stereocenters. The zero-order valence-electron chi connectivity index (χ0n) is 34.6. The van der Waals surface area contributed by atoms with Gasteiger partial charge in [0.25, 0.3) is 0 Å². The number of unbranched alkanes of at least 4 members (excludes halogenated alkanes) is 2. The number of rotatable bonds is 6. The summed E-state index contributed by atoms with van der Waals surface area (Å²) in [5.74, 6) is 0. The Kier molecular flexibility index (Phi) is 6.78. The van der Waals surface area contributed by atoms with Gasteiger partial charge in [0, 0.05) is 50.2 Å². The van der Waals surface area contributed by atoms with E-state index in [0.29, 0.717) is 0 Å². The molecule has 0 N–H and O–H groups in total. The van der Waals surface area contributed by atoms with Gasteiger partial charge in [0.15, 0.2) is 0 Å². The first-order valence-electron chi connectivity index (χ1n) is 22.5. The second-order valence-corrected chi connectivity index (χ2v) is 18.0. The van der Waals surface area contributed by atoms with Crippen LogP contribution >= 0.6 is 0 Å². The lowest BCUT2D eigenvalue weighted by Gasteiger charge is -2.51. The lowest BCUT2D eigenvalue weighted by atomic mass is 9.42. The molecule has 5 heterocycles. The maximum atomic E-state index is 6.95. The molecule has 1 aliphatic carbocycles. The maximum absolute atomic E-state index is 6.95. The molecule has 1 spiro atoms. The number of hydrogen-bond donors (Lipinski definition) is 0. The van der Waals surface area contributed by atoms with Gasteiger partial charge in [0.1, 0.15) is 11.2 Å². The number of nitrogens with zero attached hydrogens (tertiary/aromatic N) is 2. The van der Waals surface area contributed by atoms with Gasteiger partial charge in [-0.2, -0.15) is 0 Å². The van der Waals surface area contributed by atoms with Gasteiger partial charge >= 0.3 is 6.85 Å². The Balaban J connectivity index is 1.19. The van der Waals surface area contributed by atoms with Crippen molar-refractivity contribution in [2.24, 2.45) is 0 Å². The Morgan fingerprint density at radius 2 is 1.21 bits per heavy atom. The monoisotopic (exact) mass is 782 g/mol. The second-order valence-electron chi connectivity index (χ2n) is 18.0. The van der Waals surface area contributed by atoms with Gasteiger partial charge in [-0.05, 0) is 117 Å². The number of para-hydroxylation sites is 3. The van der Waals surface area contributed by atoms with Crippen molar-refractivity contribution in [2.75, 3.05) is 4.81 Å². The van der Waals surface area contributed by atoms with E-state index in [4.69, 9.17) is 4.42 Å². The molecule has 4 aliphatic rings. The molecule has 3 aliphatic heterocycles. The van der Waals surface area contributed by atoms with E-state index in [2.05, 4.69) is 175 Å². The first-order chi connectivity index (χ1) is 30.2. The normalized spacial score (nSPS) is 14.5. The van der Waals surface area contributed by atoms with Crippen molar-refractivity contribution in [1.82, 2.24) is 4.57 Å². The van der Waals surface area contributed by atoms with Crippen LogP contribution in [0.2, 0.25) is 0 Å². The molecule has 0 radical (unpaired) electrons. The van der Waals surface area contributed by atoms with E-state index >= 15 is 0 Å². The molecule has 14 rings (SSSR count). The topological polar surface area (TPSA) is 21.3 Å². The van der Waals surface area contributed by atoms with Crippen LogP contribution in [0.25, 0.3) is 71.7 Å². The Morgan fingerprint density at radius 3 is 2.02 bits per heavy atom. The fraction of sp³-hybridized carbons (Fsp3) is 0.158. The Labute approximate surface area is 356 Å². The third kappa shape index (κ3) is 4.12. The Bertz CT molecular complexity index is 3500. The molecule has 0 bridgehead atoms. The highest BCUT2D eigenvalue weighted by Gasteiger charge is 2.56. The number of benzene rings is 8. The molecule has 0 fully saturated rings. The third-order valence-corrected chi connectivity index (χ3v) is 14.9. The van der Waals surface area contributed by atoms with Gasteiger partial charge < -0.3 is 13.8 Å². The summed E-state index contributed by atoms with van der Waals surface area (Å²) >= 11 is 0.